The third kappa shape index (κ3) is 4.19. The summed E-state index contributed by atoms with van der Waals surface area (Å²) < 4.78 is 9.00. The van der Waals surface area contributed by atoms with Crippen LogP contribution in [0.15, 0.2) is 180 Å². The predicted molar refractivity (Wildman–Crippen MR) is 225 cm³/mol. The molecule has 0 saturated heterocycles. The fourth-order valence-electron chi connectivity index (χ4n) is 8.68. The van der Waals surface area contributed by atoms with Gasteiger partial charge in [0, 0.05) is 38.1 Å². The molecule has 12 rings (SSSR count). The predicted octanol–water partition coefficient (Wildman–Crippen LogP) is 13.4. The Bertz CT molecular complexity index is 3410. The van der Waals surface area contributed by atoms with Crippen molar-refractivity contribution in [2.45, 2.75) is 0 Å². The van der Waals surface area contributed by atoms with Crippen LogP contribution < -0.4 is 0 Å². The number of hydrogen-bond acceptors (Lipinski definition) is 3. The van der Waals surface area contributed by atoms with E-state index in [1.54, 1.807) is 0 Å². The smallest absolute Gasteiger partial charge is 0.235 e. The van der Waals surface area contributed by atoms with Gasteiger partial charge in [0.05, 0.1) is 22.2 Å². The van der Waals surface area contributed by atoms with E-state index in [2.05, 4.69) is 180 Å². The molecular formula is C50H29N3O. The molecule has 0 spiro atoms. The van der Waals surface area contributed by atoms with Gasteiger partial charge in [0.2, 0.25) is 5.95 Å². The van der Waals surface area contributed by atoms with E-state index < -0.39 is 0 Å². The zero-order valence-electron chi connectivity index (χ0n) is 29.0. The summed E-state index contributed by atoms with van der Waals surface area (Å²) in [5, 5.41) is 12.7. The summed E-state index contributed by atoms with van der Waals surface area (Å²) in [6.07, 6.45) is 0. The molecule has 4 nitrogen and oxygen atoms in total. The highest BCUT2D eigenvalue weighted by atomic mass is 16.3. The highest BCUT2D eigenvalue weighted by Gasteiger charge is 2.22. The molecule has 0 atom stereocenters. The minimum Gasteiger partial charge on any atom is -0.455 e. The largest absolute Gasteiger partial charge is 0.455 e. The standard InChI is InChI=1S/C50H29N3O/c1-2-12-30(13-3-1)39-27-35(28-41-40-26-33-16-4-5-17-34(33)29-45(40)54-49(39)41)48-38-20-10-11-21-42(38)51-50(52-48)53-43-24-22-31-14-6-8-18-36(31)46(43)47-37-19-9-7-15-32(37)23-25-44(47)53/h1-29H. The van der Waals surface area contributed by atoms with Gasteiger partial charge >= 0.3 is 0 Å². The van der Waals surface area contributed by atoms with Gasteiger partial charge in [-0.2, -0.15) is 0 Å². The molecule has 0 aliphatic carbocycles. The molecule has 0 aliphatic rings. The molecule has 0 radical (unpaired) electrons. The number of para-hydroxylation sites is 1. The number of fused-ring (bicyclic) bond motifs is 12. The average molecular weight is 688 g/mol. The number of furan rings is 1. The van der Waals surface area contributed by atoms with Crippen LogP contribution in [0.25, 0.3) is 115 Å². The van der Waals surface area contributed by atoms with Crippen molar-refractivity contribution in [3.8, 4) is 28.3 Å². The van der Waals surface area contributed by atoms with Crippen molar-refractivity contribution < 1.29 is 4.42 Å². The summed E-state index contributed by atoms with van der Waals surface area (Å²) in [6.45, 7) is 0. The number of nitrogens with zero attached hydrogens (tertiary/aromatic N) is 3. The summed E-state index contributed by atoms with van der Waals surface area (Å²) in [4.78, 5) is 10.9. The molecule has 4 heteroatoms. The van der Waals surface area contributed by atoms with Crippen molar-refractivity contribution in [2.75, 3.05) is 0 Å². The SMILES string of the molecule is c1ccc(-c2cc(-c3nc(-n4c5ccc6ccccc6c5c5c6ccccc6ccc54)nc4ccccc34)cc3c2oc2cc4ccccc4cc23)cc1. The van der Waals surface area contributed by atoms with Crippen molar-refractivity contribution in [3.05, 3.63) is 176 Å². The maximum atomic E-state index is 6.74. The molecule has 3 aromatic heterocycles. The van der Waals surface area contributed by atoms with E-state index in [4.69, 9.17) is 14.4 Å². The van der Waals surface area contributed by atoms with E-state index in [0.29, 0.717) is 5.95 Å². The minimum absolute atomic E-state index is 0.638. The Morgan fingerprint density at radius 1 is 0.407 bits per heavy atom. The van der Waals surface area contributed by atoms with Crippen LogP contribution in [0.3, 0.4) is 0 Å². The summed E-state index contributed by atoms with van der Waals surface area (Å²) >= 11 is 0. The van der Waals surface area contributed by atoms with E-state index in [9.17, 15) is 0 Å². The molecule has 0 bridgehead atoms. The van der Waals surface area contributed by atoms with Gasteiger partial charge in [0.1, 0.15) is 11.2 Å². The lowest BCUT2D eigenvalue weighted by molar-refractivity contribution is 0.670. The van der Waals surface area contributed by atoms with E-state index in [1.165, 1.54) is 37.7 Å². The van der Waals surface area contributed by atoms with Gasteiger partial charge in [0.15, 0.2) is 0 Å². The molecular weight excluding hydrogens is 659 g/mol. The van der Waals surface area contributed by atoms with Crippen LogP contribution in [0.4, 0.5) is 0 Å². The average Bonchev–Trinajstić information content (AvgIpc) is 3.78. The number of aromatic nitrogens is 3. The summed E-state index contributed by atoms with van der Waals surface area (Å²) in [6, 6.07) is 62.5. The normalized spacial score (nSPS) is 12.1. The van der Waals surface area contributed by atoms with E-state index in [1.807, 2.05) is 0 Å². The van der Waals surface area contributed by atoms with Crippen molar-refractivity contribution in [3.63, 3.8) is 0 Å². The fraction of sp³-hybridized carbons (Fsp3) is 0. The fourth-order valence-corrected chi connectivity index (χ4v) is 8.68. The highest BCUT2D eigenvalue weighted by molar-refractivity contribution is 6.28. The van der Waals surface area contributed by atoms with Crippen LogP contribution in [-0.2, 0) is 0 Å². The van der Waals surface area contributed by atoms with E-state index in [0.717, 1.165) is 71.6 Å². The lowest BCUT2D eigenvalue weighted by Crippen LogP contribution is -2.03. The molecule has 3 heterocycles. The summed E-state index contributed by atoms with van der Waals surface area (Å²) in [5.41, 5.74) is 8.79. The van der Waals surface area contributed by atoms with Crippen LogP contribution >= 0.6 is 0 Å². The van der Waals surface area contributed by atoms with Crippen LogP contribution in [0, 0.1) is 0 Å². The van der Waals surface area contributed by atoms with Gasteiger partial charge in [0.25, 0.3) is 0 Å². The summed E-state index contributed by atoms with van der Waals surface area (Å²) in [7, 11) is 0. The van der Waals surface area contributed by atoms with Crippen LogP contribution in [-0.4, -0.2) is 14.5 Å². The monoisotopic (exact) mass is 687 g/mol. The lowest BCUT2D eigenvalue weighted by atomic mass is 9.96. The van der Waals surface area contributed by atoms with Crippen LogP contribution in [0.1, 0.15) is 0 Å². The Kier molecular flexibility index (Phi) is 6.02. The van der Waals surface area contributed by atoms with Gasteiger partial charge in [-0.25, -0.2) is 9.97 Å². The third-order valence-electron chi connectivity index (χ3n) is 11.1. The quantitative estimate of drug-likeness (QED) is 0.186. The second kappa shape index (κ2) is 11.1. The Hall–Kier alpha value is -7.30. The Labute approximate surface area is 309 Å². The molecule has 54 heavy (non-hydrogen) atoms. The zero-order chi connectivity index (χ0) is 35.3. The summed E-state index contributed by atoms with van der Waals surface area (Å²) in [5.74, 6) is 0.638. The zero-order valence-corrected chi connectivity index (χ0v) is 29.0. The minimum atomic E-state index is 0.638. The molecule has 0 unspecified atom stereocenters. The Balaban J connectivity index is 1.20. The first-order chi connectivity index (χ1) is 26.8. The molecule has 0 amide bonds. The molecule has 0 N–H and O–H groups in total. The number of benzene rings is 9. The molecule has 0 saturated carbocycles. The van der Waals surface area contributed by atoms with Crippen molar-refractivity contribution in [1.29, 1.82) is 0 Å². The number of hydrogen-bond donors (Lipinski definition) is 0. The maximum absolute atomic E-state index is 6.74. The molecule has 250 valence electrons. The Morgan fingerprint density at radius 3 is 1.70 bits per heavy atom. The second-order valence-electron chi connectivity index (χ2n) is 14.2. The van der Waals surface area contributed by atoms with Crippen molar-refractivity contribution >= 4 is 87.0 Å². The first kappa shape index (κ1) is 29.3. The first-order valence-corrected chi connectivity index (χ1v) is 18.3. The Morgan fingerprint density at radius 2 is 1.00 bits per heavy atom. The van der Waals surface area contributed by atoms with Gasteiger partial charge in [-0.15, -0.1) is 0 Å². The first-order valence-electron chi connectivity index (χ1n) is 18.3. The second-order valence-corrected chi connectivity index (χ2v) is 14.2. The van der Waals surface area contributed by atoms with E-state index in [-0.39, 0.29) is 0 Å². The number of rotatable bonds is 3. The maximum Gasteiger partial charge on any atom is 0.235 e. The van der Waals surface area contributed by atoms with Crippen molar-refractivity contribution in [1.82, 2.24) is 14.5 Å². The molecule has 9 aromatic carbocycles. The molecule has 0 aliphatic heterocycles. The third-order valence-corrected chi connectivity index (χ3v) is 11.1. The molecule has 12 aromatic rings. The van der Waals surface area contributed by atoms with Gasteiger partial charge in [-0.05, 0) is 80.3 Å². The topological polar surface area (TPSA) is 43.9 Å². The van der Waals surface area contributed by atoms with Crippen LogP contribution in [0.2, 0.25) is 0 Å². The van der Waals surface area contributed by atoms with Gasteiger partial charge in [-0.1, -0.05) is 133 Å². The highest BCUT2D eigenvalue weighted by Crippen LogP contribution is 2.43. The van der Waals surface area contributed by atoms with Gasteiger partial charge < -0.3 is 4.42 Å². The van der Waals surface area contributed by atoms with Crippen molar-refractivity contribution in [2.24, 2.45) is 0 Å². The molecule has 0 fully saturated rings. The van der Waals surface area contributed by atoms with E-state index >= 15 is 0 Å². The van der Waals surface area contributed by atoms with Crippen LogP contribution in [0.5, 0.6) is 0 Å². The lowest BCUT2D eigenvalue weighted by Gasteiger charge is -2.13. The van der Waals surface area contributed by atoms with Gasteiger partial charge in [-0.3, -0.25) is 4.57 Å².